The molecule has 0 amide bonds. The first-order valence-electron chi connectivity index (χ1n) is 8.16. The van der Waals surface area contributed by atoms with E-state index in [1.54, 1.807) is 16.8 Å². The number of nitrogens with one attached hydrogen (secondary N) is 1. The molecule has 0 saturated carbocycles. The van der Waals surface area contributed by atoms with Crippen molar-refractivity contribution in [1.29, 1.82) is 0 Å². The summed E-state index contributed by atoms with van der Waals surface area (Å²) < 4.78 is 20.1. The van der Waals surface area contributed by atoms with Gasteiger partial charge in [0, 0.05) is 12.4 Å². The number of hydrogen-bond donors (Lipinski definition) is 1. The molecule has 0 bridgehead atoms. The predicted octanol–water partition coefficient (Wildman–Crippen LogP) is 4.25. The van der Waals surface area contributed by atoms with Crippen LogP contribution >= 0.6 is 23.2 Å². The van der Waals surface area contributed by atoms with Gasteiger partial charge >= 0.3 is 5.56 Å². The molecule has 0 atom stereocenters. The van der Waals surface area contributed by atoms with Gasteiger partial charge in [-0.05, 0) is 24.6 Å². The fourth-order valence-corrected chi connectivity index (χ4v) is 2.50. The van der Waals surface area contributed by atoms with Gasteiger partial charge in [0.2, 0.25) is 11.7 Å². The molecule has 8 heteroatoms. The Balaban J connectivity index is 2.23. The van der Waals surface area contributed by atoms with Crippen molar-refractivity contribution in [2.75, 3.05) is 24.9 Å². The molecule has 0 aliphatic heterocycles. The molecule has 0 aliphatic rings. The summed E-state index contributed by atoms with van der Waals surface area (Å²) in [5, 5.41) is 3.12. The van der Waals surface area contributed by atoms with Gasteiger partial charge in [0.05, 0.1) is 24.9 Å². The van der Waals surface area contributed by atoms with E-state index in [4.69, 9.17) is 27.9 Å². The van der Waals surface area contributed by atoms with Gasteiger partial charge in [0.15, 0.2) is 0 Å². The van der Waals surface area contributed by atoms with E-state index in [0.717, 1.165) is 11.1 Å². The van der Waals surface area contributed by atoms with E-state index in [9.17, 15) is 9.18 Å². The van der Waals surface area contributed by atoms with Crippen molar-refractivity contribution in [3.63, 3.8) is 0 Å². The summed E-state index contributed by atoms with van der Waals surface area (Å²) in [6.07, 6.45) is 7.21. The van der Waals surface area contributed by atoms with Crippen LogP contribution in [0.5, 0.6) is 5.75 Å². The van der Waals surface area contributed by atoms with E-state index in [1.807, 2.05) is 25.2 Å². The third kappa shape index (κ3) is 6.12. The van der Waals surface area contributed by atoms with Crippen LogP contribution in [0.3, 0.4) is 0 Å². The third-order valence-electron chi connectivity index (χ3n) is 3.63. The molecular weight excluding hydrogens is 392 g/mol. The quantitative estimate of drug-likeness (QED) is 0.521. The van der Waals surface area contributed by atoms with Gasteiger partial charge in [-0.3, -0.25) is 4.79 Å². The highest BCUT2D eigenvalue weighted by Crippen LogP contribution is 2.18. The van der Waals surface area contributed by atoms with Gasteiger partial charge < -0.3 is 14.6 Å². The van der Waals surface area contributed by atoms with Gasteiger partial charge in [0.1, 0.15) is 5.82 Å². The molecule has 144 valence electrons. The predicted molar refractivity (Wildman–Crippen MR) is 108 cm³/mol. The summed E-state index contributed by atoms with van der Waals surface area (Å²) in [5.74, 6) is 0.464. The lowest BCUT2D eigenvalue weighted by Crippen LogP contribution is -2.20. The highest BCUT2D eigenvalue weighted by Gasteiger charge is 2.10. The summed E-state index contributed by atoms with van der Waals surface area (Å²) in [4.78, 5) is 16.0. The van der Waals surface area contributed by atoms with E-state index >= 15 is 0 Å². The van der Waals surface area contributed by atoms with Gasteiger partial charge in [0.25, 0.3) is 0 Å². The molecule has 2 aromatic rings. The molecule has 1 N–H and O–H groups in total. The second kappa shape index (κ2) is 10.1. The molecule has 1 heterocycles. The molecule has 27 heavy (non-hydrogen) atoms. The average Bonchev–Trinajstić information content (AvgIpc) is 2.65. The number of allylic oxidation sites excluding steroid dienone is 3. The Bertz CT molecular complexity index is 910. The molecule has 1 aromatic heterocycles. The number of methoxy groups -OCH3 is 1. The van der Waals surface area contributed by atoms with Crippen LogP contribution < -0.4 is 15.6 Å². The molecule has 0 spiro atoms. The first-order valence-corrected chi connectivity index (χ1v) is 9.07. The first-order chi connectivity index (χ1) is 12.9. The molecule has 5 nitrogen and oxygen atoms in total. The monoisotopic (exact) mass is 411 g/mol. The smallest absolute Gasteiger partial charge is 0.316 e. The van der Waals surface area contributed by atoms with Crippen molar-refractivity contribution in [2.24, 2.45) is 0 Å². The second-order valence-electron chi connectivity index (χ2n) is 5.77. The van der Waals surface area contributed by atoms with Crippen molar-refractivity contribution < 1.29 is 9.13 Å². The third-order valence-corrected chi connectivity index (χ3v) is 4.34. The largest absolute Gasteiger partial charge is 0.490 e. The Morgan fingerprint density at radius 3 is 2.89 bits per heavy atom. The first kappa shape index (κ1) is 21.0. The number of benzene rings is 1. The van der Waals surface area contributed by atoms with Crippen molar-refractivity contribution in [1.82, 2.24) is 9.55 Å². The number of ether oxygens (including phenoxy) is 1. The Kier molecular flexibility index (Phi) is 7.88. The number of halogens is 3. The van der Waals surface area contributed by atoms with Crippen LogP contribution in [-0.2, 0) is 6.54 Å². The summed E-state index contributed by atoms with van der Waals surface area (Å²) in [6, 6.07) is 4.45. The van der Waals surface area contributed by atoms with Crippen LogP contribution in [0.1, 0.15) is 12.5 Å². The molecular formula is C19H20Cl2FN3O2. The number of anilines is 1. The maximum Gasteiger partial charge on any atom is 0.316 e. The fraction of sp³-hybridized carbons (Fsp3) is 0.263. The maximum absolute atomic E-state index is 13.4. The molecule has 0 saturated heterocycles. The van der Waals surface area contributed by atoms with Gasteiger partial charge in [-0.2, -0.15) is 4.98 Å². The number of nitrogens with zero attached hydrogens (tertiary/aromatic N) is 2. The highest BCUT2D eigenvalue weighted by atomic mass is 35.5. The standard InChI is InChI=1S/C19H20Cl2FN3O2/c1-13(10-20)5-3-4-8-23-19-24-18(26)17(27-2)12-25(19)11-14-6-7-16(22)15(21)9-14/h3-7,9,12H,8,10-11H2,1-2H3,(H,23,24,26)/b4-3-,13-5-. The lowest BCUT2D eigenvalue weighted by Gasteiger charge is -2.14. The van der Waals surface area contributed by atoms with Crippen LogP contribution in [0.2, 0.25) is 5.02 Å². The summed E-state index contributed by atoms with van der Waals surface area (Å²) in [6.45, 7) is 2.72. The maximum atomic E-state index is 13.4. The van der Waals surface area contributed by atoms with Crippen molar-refractivity contribution in [3.05, 3.63) is 75.0 Å². The van der Waals surface area contributed by atoms with Gasteiger partial charge in [-0.15, -0.1) is 11.6 Å². The van der Waals surface area contributed by atoms with Crippen LogP contribution in [0.4, 0.5) is 10.3 Å². The summed E-state index contributed by atoms with van der Waals surface area (Å²) >= 11 is 11.6. The normalized spacial score (nSPS) is 11.8. The Hall–Kier alpha value is -2.31. The van der Waals surface area contributed by atoms with E-state index in [-0.39, 0.29) is 10.8 Å². The van der Waals surface area contributed by atoms with Crippen LogP contribution in [0.25, 0.3) is 0 Å². The van der Waals surface area contributed by atoms with E-state index in [0.29, 0.717) is 24.9 Å². The summed E-state index contributed by atoms with van der Waals surface area (Å²) in [7, 11) is 1.40. The number of rotatable bonds is 8. The zero-order valence-corrected chi connectivity index (χ0v) is 16.5. The molecule has 1 aromatic carbocycles. The second-order valence-corrected chi connectivity index (χ2v) is 6.44. The van der Waals surface area contributed by atoms with Gasteiger partial charge in [-0.25, -0.2) is 4.39 Å². The molecule has 0 radical (unpaired) electrons. The van der Waals surface area contributed by atoms with Crippen LogP contribution in [0, 0.1) is 5.82 Å². The summed E-state index contributed by atoms with van der Waals surface area (Å²) in [5.41, 5.74) is 1.32. The Morgan fingerprint density at radius 1 is 1.44 bits per heavy atom. The van der Waals surface area contributed by atoms with Gasteiger partial charge in [-0.1, -0.05) is 41.5 Å². The van der Waals surface area contributed by atoms with E-state index in [2.05, 4.69) is 10.3 Å². The molecule has 0 unspecified atom stereocenters. The van der Waals surface area contributed by atoms with Crippen molar-refractivity contribution >= 4 is 29.2 Å². The number of alkyl halides is 1. The lowest BCUT2D eigenvalue weighted by atomic mass is 10.2. The molecule has 0 fully saturated rings. The topological polar surface area (TPSA) is 56.1 Å². The Labute approximate surface area is 167 Å². The lowest BCUT2D eigenvalue weighted by molar-refractivity contribution is 0.402. The van der Waals surface area contributed by atoms with E-state index in [1.165, 1.54) is 19.2 Å². The minimum absolute atomic E-state index is 0.0346. The number of hydrogen-bond acceptors (Lipinski definition) is 4. The average molecular weight is 412 g/mol. The van der Waals surface area contributed by atoms with Crippen LogP contribution in [-0.4, -0.2) is 29.1 Å². The SMILES string of the molecule is COc1cn(Cc2ccc(F)c(Cl)c2)c(NC/C=C\C=C(\C)CCl)nc1=O. The van der Waals surface area contributed by atoms with Crippen molar-refractivity contribution in [3.8, 4) is 5.75 Å². The fourth-order valence-electron chi connectivity index (χ4n) is 2.20. The zero-order chi connectivity index (χ0) is 19.8. The Morgan fingerprint density at radius 2 is 2.22 bits per heavy atom. The minimum Gasteiger partial charge on any atom is -0.490 e. The highest BCUT2D eigenvalue weighted by molar-refractivity contribution is 6.30. The minimum atomic E-state index is -0.486. The molecule has 0 aliphatic carbocycles. The van der Waals surface area contributed by atoms with Crippen LogP contribution in [0.15, 0.2) is 53.0 Å². The van der Waals surface area contributed by atoms with E-state index < -0.39 is 11.4 Å². The van der Waals surface area contributed by atoms with Crippen molar-refractivity contribution in [2.45, 2.75) is 13.5 Å². The molecule has 2 rings (SSSR count). The number of aromatic nitrogens is 2. The zero-order valence-electron chi connectivity index (χ0n) is 15.0.